The first-order valence-electron chi connectivity index (χ1n) is 11.8. The van der Waals surface area contributed by atoms with E-state index in [1.54, 1.807) is 25.7 Å². The SMILES string of the molecule is COc1nccc2c1c(-c1ccncc1)nn2C(c1ccccc1)(c1ccccc1)c1ccccc1. The second-order valence-electron chi connectivity index (χ2n) is 8.52. The number of fused-ring (bicyclic) bond motifs is 1. The van der Waals surface area contributed by atoms with Crippen molar-refractivity contribution in [3.63, 3.8) is 0 Å². The van der Waals surface area contributed by atoms with Gasteiger partial charge in [-0.1, -0.05) is 91.0 Å². The molecule has 0 atom stereocenters. The monoisotopic (exact) mass is 468 g/mol. The first-order valence-corrected chi connectivity index (χ1v) is 11.8. The Hall–Kier alpha value is -4.77. The van der Waals surface area contributed by atoms with E-state index in [-0.39, 0.29) is 0 Å². The van der Waals surface area contributed by atoms with E-state index in [2.05, 4.69) is 87.4 Å². The van der Waals surface area contributed by atoms with E-state index in [4.69, 9.17) is 9.84 Å². The lowest BCUT2D eigenvalue weighted by atomic mass is 9.77. The van der Waals surface area contributed by atoms with Crippen LogP contribution in [0.3, 0.4) is 0 Å². The maximum Gasteiger partial charge on any atom is 0.224 e. The van der Waals surface area contributed by atoms with E-state index < -0.39 is 5.54 Å². The molecule has 0 aliphatic heterocycles. The van der Waals surface area contributed by atoms with Crippen LogP contribution in [0.1, 0.15) is 16.7 Å². The topological polar surface area (TPSA) is 52.8 Å². The van der Waals surface area contributed by atoms with E-state index in [0.717, 1.165) is 38.9 Å². The van der Waals surface area contributed by atoms with Crippen molar-refractivity contribution >= 4 is 10.9 Å². The van der Waals surface area contributed by atoms with Crippen molar-refractivity contribution in [2.24, 2.45) is 0 Å². The Kier molecular flexibility index (Phi) is 5.51. The van der Waals surface area contributed by atoms with Crippen molar-refractivity contribution in [1.29, 1.82) is 0 Å². The first kappa shape index (κ1) is 21.7. The third kappa shape index (κ3) is 3.36. The number of aromatic nitrogens is 4. The molecule has 0 radical (unpaired) electrons. The lowest BCUT2D eigenvalue weighted by Crippen LogP contribution is -2.38. The van der Waals surface area contributed by atoms with Crippen LogP contribution in [0, 0.1) is 0 Å². The summed E-state index contributed by atoms with van der Waals surface area (Å²) in [6.07, 6.45) is 5.34. The Morgan fingerprint density at radius 2 is 1.17 bits per heavy atom. The van der Waals surface area contributed by atoms with Gasteiger partial charge in [0.25, 0.3) is 0 Å². The van der Waals surface area contributed by atoms with E-state index in [9.17, 15) is 0 Å². The van der Waals surface area contributed by atoms with Crippen molar-refractivity contribution in [2.45, 2.75) is 5.54 Å². The lowest BCUT2D eigenvalue weighted by Gasteiger charge is -2.37. The summed E-state index contributed by atoms with van der Waals surface area (Å²) in [5.41, 5.74) is 5.22. The molecule has 6 rings (SSSR count). The van der Waals surface area contributed by atoms with Gasteiger partial charge < -0.3 is 4.74 Å². The van der Waals surface area contributed by atoms with Crippen molar-refractivity contribution in [1.82, 2.24) is 19.7 Å². The summed E-state index contributed by atoms with van der Waals surface area (Å²) in [7, 11) is 1.65. The van der Waals surface area contributed by atoms with Gasteiger partial charge in [0, 0.05) is 24.2 Å². The molecule has 0 saturated heterocycles. The van der Waals surface area contributed by atoms with E-state index in [0.29, 0.717) is 5.88 Å². The Bertz CT molecular complexity index is 1500. The average Bonchev–Trinajstić information content (AvgIpc) is 3.36. The Morgan fingerprint density at radius 3 is 1.67 bits per heavy atom. The highest BCUT2D eigenvalue weighted by Crippen LogP contribution is 2.45. The molecule has 3 aromatic heterocycles. The first-order chi connectivity index (χ1) is 17.8. The number of pyridine rings is 2. The predicted octanol–water partition coefficient (Wildman–Crippen LogP) is 6.34. The third-order valence-corrected chi connectivity index (χ3v) is 6.60. The van der Waals surface area contributed by atoms with E-state index in [1.807, 2.05) is 36.4 Å². The molecule has 6 aromatic rings. The summed E-state index contributed by atoms with van der Waals surface area (Å²) in [5.74, 6) is 0.536. The minimum absolute atomic E-state index is 0.536. The van der Waals surface area contributed by atoms with Gasteiger partial charge in [-0.25, -0.2) is 9.67 Å². The van der Waals surface area contributed by atoms with Gasteiger partial charge in [-0.05, 0) is 34.9 Å². The number of hydrogen-bond donors (Lipinski definition) is 0. The molecule has 0 saturated carbocycles. The van der Waals surface area contributed by atoms with Crippen LogP contribution in [-0.2, 0) is 5.54 Å². The van der Waals surface area contributed by atoms with Gasteiger partial charge >= 0.3 is 0 Å². The highest BCUT2D eigenvalue weighted by molar-refractivity contribution is 5.97. The minimum atomic E-state index is -0.750. The Labute approximate surface area is 209 Å². The zero-order valence-electron chi connectivity index (χ0n) is 19.8. The van der Waals surface area contributed by atoms with Crippen LogP contribution in [-0.4, -0.2) is 26.9 Å². The quantitative estimate of drug-likeness (QED) is 0.268. The molecule has 0 spiro atoms. The molecule has 0 unspecified atom stereocenters. The molecular formula is C31H24N4O. The number of benzene rings is 3. The highest BCUT2D eigenvalue weighted by Gasteiger charge is 2.41. The normalized spacial score (nSPS) is 11.5. The second-order valence-corrected chi connectivity index (χ2v) is 8.52. The number of nitrogens with zero attached hydrogens (tertiary/aromatic N) is 4. The Balaban J connectivity index is 1.82. The second kappa shape index (κ2) is 9.12. The maximum absolute atomic E-state index is 5.75. The van der Waals surface area contributed by atoms with Gasteiger partial charge in [0.15, 0.2) is 0 Å². The van der Waals surface area contributed by atoms with Crippen LogP contribution in [0.5, 0.6) is 5.88 Å². The van der Waals surface area contributed by atoms with Crippen LogP contribution < -0.4 is 4.74 Å². The molecule has 0 fully saturated rings. The molecule has 3 heterocycles. The molecule has 5 nitrogen and oxygen atoms in total. The van der Waals surface area contributed by atoms with Crippen LogP contribution >= 0.6 is 0 Å². The lowest BCUT2D eigenvalue weighted by molar-refractivity contribution is 0.403. The van der Waals surface area contributed by atoms with Gasteiger partial charge in [0.1, 0.15) is 11.2 Å². The fourth-order valence-electron chi connectivity index (χ4n) is 5.06. The van der Waals surface area contributed by atoms with Crippen LogP contribution in [0.25, 0.3) is 22.2 Å². The zero-order chi connectivity index (χ0) is 24.4. The zero-order valence-corrected chi connectivity index (χ0v) is 19.8. The number of rotatable bonds is 6. The molecule has 0 aliphatic carbocycles. The van der Waals surface area contributed by atoms with Crippen molar-refractivity contribution < 1.29 is 4.74 Å². The van der Waals surface area contributed by atoms with Crippen LogP contribution in [0.4, 0.5) is 0 Å². The van der Waals surface area contributed by atoms with Crippen LogP contribution in [0.2, 0.25) is 0 Å². The highest BCUT2D eigenvalue weighted by atomic mass is 16.5. The van der Waals surface area contributed by atoms with Crippen molar-refractivity contribution in [3.8, 4) is 17.1 Å². The standard InChI is InChI=1S/C31H24N4O/c1-36-30-28-27(19-22-33-30)35(34-29(28)23-17-20-32-21-18-23)31(24-11-5-2-6-12-24,25-13-7-3-8-14-25)26-15-9-4-10-16-26/h2-22H,1H3. The van der Waals surface area contributed by atoms with Gasteiger partial charge in [0.2, 0.25) is 5.88 Å². The summed E-state index contributed by atoms with van der Waals surface area (Å²) in [4.78, 5) is 8.74. The summed E-state index contributed by atoms with van der Waals surface area (Å²) < 4.78 is 7.88. The summed E-state index contributed by atoms with van der Waals surface area (Å²) in [6.45, 7) is 0. The predicted molar refractivity (Wildman–Crippen MR) is 142 cm³/mol. The van der Waals surface area contributed by atoms with Gasteiger partial charge in [0.05, 0.1) is 18.0 Å². The molecule has 0 aliphatic rings. The molecule has 0 N–H and O–H groups in total. The number of hydrogen-bond acceptors (Lipinski definition) is 4. The smallest absolute Gasteiger partial charge is 0.224 e. The van der Waals surface area contributed by atoms with E-state index >= 15 is 0 Å². The van der Waals surface area contributed by atoms with Crippen molar-refractivity contribution in [3.05, 3.63) is 144 Å². The van der Waals surface area contributed by atoms with Crippen LogP contribution in [0.15, 0.2) is 128 Å². The van der Waals surface area contributed by atoms with Crippen molar-refractivity contribution in [2.75, 3.05) is 7.11 Å². The maximum atomic E-state index is 5.75. The van der Waals surface area contributed by atoms with E-state index in [1.165, 1.54) is 0 Å². The largest absolute Gasteiger partial charge is 0.480 e. The molecular weight excluding hydrogens is 444 g/mol. The number of methoxy groups -OCH3 is 1. The molecule has 0 amide bonds. The average molecular weight is 469 g/mol. The fourth-order valence-corrected chi connectivity index (χ4v) is 5.06. The molecule has 174 valence electrons. The molecule has 5 heteroatoms. The summed E-state index contributed by atoms with van der Waals surface area (Å²) in [6, 6.07) is 37.5. The molecule has 36 heavy (non-hydrogen) atoms. The van der Waals surface area contributed by atoms with Gasteiger partial charge in [-0.15, -0.1) is 0 Å². The summed E-state index contributed by atoms with van der Waals surface area (Å²) in [5, 5.41) is 6.20. The van der Waals surface area contributed by atoms with Gasteiger partial charge in [-0.3, -0.25) is 4.98 Å². The minimum Gasteiger partial charge on any atom is -0.480 e. The fraction of sp³-hybridized carbons (Fsp3) is 0.0645. The molecule has 3 aromatic carbocycles. The molecule has 0 bridgehead atoms. The Morgan fingerprint density at radius 1 is 0.639 bits per heavy atom. The number of ether oxygens (including phenoxy) is 1. The summed E-state index contributed by atoms with van der Waals surface area (Å²) >= 11 is 0. The third-order valence-electron chi connectivity index (χ3n) is 6.60. The van der Waals surface area contributed by atoms with Gasteiger partial charge in [-0.2, -0.15) is 5.10 Å².